The zero-order chi connectivity index (χ0) is 14.8. The van der Waals surface area contributed by atoms with Crippen molar-refractivity contribution in [2.24, 2.45) is 5.73 Å². The molecule has 0 amide bonds. The number of ether oxygens (including phenoxy) is 1. The van der Waals surface area contributed by atoms with Crippen molar-refractivity contribution in [1.29, 1.82) is 0 Å². The van der Waals surface area contributed by atoms with Crippen molar-refractivity contribution in [2.75, 3.05) is 59.0 Å². The third kappa shape index (κ3) is 8.73. The Hall–Kier alpha value is -0.370. The summed E-state index contributed by atoms with van der Waals surface area (Å²) in [5, 5.41) is 0. The van der Waals surface area contributed by atoms with E-state index < -0.39 is 12.8 Å². The van der Waals surface area contributed by atoms with Gasteiger partial charge < -0.3 is 20.3 Å². The van der Waals surface area contributed by atoms with E-state index in [1.807, 2.05) is 0 Å². The Morgan fingerprint density at radius 3 is 2.10 bits per heavy atom. The molecule has 0 saturated carbocycles. The number of rotatable bonds is 8. The molecule has 0 unspecified atom stereocenters. The van der Waals surface area contributed by atoms with Crippen LogP contribution in [-0.4, -0.2) is 75.0 Å². The standard InChI is InChI=1S/C13H26F3N3O/c14-13(15,16)12-20-11-3-8-19-7-2-6-18(9-10-19)5-1-4-17/h1-12,17H2. The molecule has 1 aliphatic heterocycles. The lowest BCUT2D eigenvalue weighted by molar-refractivity contribution is -0.174. The molecule has 0 aliphatic carbocycles. The molecule has 0 aromatic carbocycles. The van der Waals surface area contributed by atoms with Crippen LogP contribution in [0.3, 0.4) is 0 Å². The van der Waals surface area contributed by atoms with Crippen molar-refractivity contribution in [3.63, 3.8) is 0 Å². The number of nitrogens with zero attached hydrogens (tertiary/aromatic N) is 2. The predicted molar refractivity (Wildman–Crippen MR) is 72.7 cm³/mol. The lowest BCUT2D eigenvalue weighted by Crippen LogP contribution is -2.32. The van der Waals surface area contributed by atoms with Crippen LogP contribution in [0.25, 0.3) is 0 Å². The molecule has 20 heavy (non-hydrogen) atoms. The molecule has 1 heterocycles. The molecule has 120 valence electrons. The number of alkyl halides is 3. The average Bonchev–Trinajstić information content (AvgIpc) is 2.60. The van der Waals surface area contributed by atoms with Crippen molar-refractivity contribution >= 4 is 0 Å². The van der Waals surface area contributed by atoms with E-state index in [1.165, 1.54) is 0 Å². The zero-order valence-electron chi connectivity index (χ0n) is 12.0. The monoisotopic (exact) mass is 297 g/mol. The number of nitrogens with two attached hydrogens (primary N) is 1. The summed E-state index contributed by atoms with van der Waals surface area (Å²) in [5.74, 6) is 0. The topological polar surface area (TPSA) is 41.7 Å². The summed E-state index contributed by atoms with van der Waals surface area (Å²) >= 11 is 0. The highest BCUT2D eigenvalue weighted by atomic mass is 19.4. The van der Waals surface area contributed by atoms with E-state index in [4.69, 9.17) is 5.73 Å². The molecule has 0 radical (unpaired) electrons. The minimum absolute atomic E-state index is 0.174. The van der Waals surface area contributed by atoms with Crippen molar-refractivity contribution in [3.8, 4) is 0 Å². The second-order valence-corrected chi connectivity index (χ2v) is 5.20. The summed E-state index contributed by atoms with van der Waals surface area (Å²) < 4.78 is 40.3. The third-order valence-corrected chi connectivity index (χ3v) is 3.39. The van der Waals surface area contributed by atoms with E-state index in [0.717, 1.165) is 58.7 Å². The molecule has 1 aliphatic rings. The van der Waals surface area contributed by atoms with Gasteiger partial charge in [-0.05, 0) is 45.4 Å². The van der Waals surface area contributed by atoms with Gasteiger partial charge in [0, 0.05) is 26.2 Å². The van der Waals surface area contributed by atoms with Gasteiger partial charge in [0.05, 0.1) is 0 Å². The van der Waals surface area contributed by atoms with E-state index in [9.17, 15) is 13.2 Å². The minimum atomic E-state index is -4.22. The first-order valence-electron chi connectivity index (χ1n) is 7.30. The van der Waals surface area contributed by atoms with Crippen molar-refractivity contribution < 1.29 is 17.9 Å². The first kappa shape index (κ1) is 17.7. The Kier molecular flexibility index (Phi) is 8.44. The van der Waals surface area contributed by atoms with Gasteiger partial charge >= 0.3 is 6.18 Å². The van der Waals surface area contributed by atoms with E-state index in [1.54, 1.807) is 0 Å². The van der Waals surface area contributed by atoms with E-state index >= 15 is 0 Å². The van der Waals surface area contributed by atoms with Gasteiger partial charge in [-0.15, -0.1) is 0 Å². The molecule has 2 N–H and O–H groups in total. The summed E-state index contributed by atoms with van der Waals surface area (Å²) in [6.07, 6.45) is -1.44. The van der Waals surface area contributed by atoms with Gasteiger partial charge in [-0.25, -0.2) is 0 Å². The van der Waals surface area contributed by atoms with Crippen molar-refractivity contribution in [1.82, 2.24) is 9.80 Å². The lowest BCUT2D eigenvalue weighted by Gasteiger charge is -2.21. The highest BCUT2D eigenvalue weighted by molar-refractivity contribution is 4.69. The molecule has 0 aromatic rings. The maximum Gasteiger partial charge on any atom is 0.411 e. The summed E-state index contributed by atoms with van der Waals surface area (Å²) in [7, 11) is 0. The van der Waals surface area contributed by atoms with Gasteiger partial charge in [0.15, 0.2) is 0 Å². The molecule has 1 fully saturated rings. The van der Waals surface area contributed by atoms with E-state index in [0.29, 0.717) is 6.42 Å². The molecule has 1 saturated heterocycles. The largest absolute Gasteiger partial charge is 0.411 e. The summed E-state index contributed by atoms with van der Waals surface area (Å²) in [6, 6.07) is 0. The fraction of sp³-hybridized carbons (Fsp3) is 1.00. The fourth-order valence-electron chi connectivity index (χ4n) is 2.36. The lowest BCUT2D eigenvalue weighted by atomic mass is 10.3. The van der Waals surface area contributed by atoms with Gasteiger partial charge in [0.1, 0.15) is 6.61 Å². The Morgan fingerprint density at radius 2 is 1.55 bits per heavy atom. The van der Waals surface area contributed by atoms with Gasteiger partial charge in [-0.1, -0.05) is 0 Å². The molecule has 0 aromatic heterocycles. The second-order valence-electron chi connectivity index (χ2n) is 5.20. The van der Waals surface area contributed by atoms with Crippen LogP contribution in [0.2, 0.25) is 0 Å². The van der Waals surface area contributed by atoms with Crippen LogP contribution < -0.4 is 5.73 Å². The van der Waals surface area contributed by atoms with Crippen LogP contribution in [0.4, 0.5) is 13.2 Å². The van der Waals surface area contributed by atoms with Gasteiger partial charge in [0.25, 0.3) is 0 Å². The normalized spacial score (nSPS) is 19.2. The first-order chi connectivity index (χ1) is 9.51. The predicted octanol–water partition coefficient (Wildman–Crippen LogP) is 1.31. The molecule has 7 heteroatoms. The van der Waals surface area contributed by atoms with Crippen molar-refractivity contribution in [3.05, 3.63) is 0 Å². The SMILES string of the molecule is NCCCN1CCCN(CCCOCC(F)(F)F)CC1. The molecular weight excluding hydrogens is 271 g/mol. The number of hydrogen-bond donors (Lipinski definition) is 1. The van der Waals surface area contributed by atoms with Gasteiger partial charge in [-0.3, -0.25) is 0 Å². The number of hydrogen-bond acceptors (Lipinski definition) is 4. The molecule has 0 bridgehead atoms. The highest BCUT2D eigenvalue weighted by Gasteiger charge is 2.27. The first-order valence-corrected chi connectivity index (χ1v) is 7.30. The summed E-state index contributed by atoms with van der Waals surface area (Å²) in [5.41, 5.74) is 5.51. The van der Waals surface area contributed by atoms with Crippen LogP contribution in [0.5, 0.6) is 0 Å². The van der Waals surface area contributed by atoms with Crippen LogP contribution in [0, 0.1) is 0 Å². The van der Waals surface area contributed by atoms with Crippen LogP contribution in [0.15, 0.2) is 0 Å². The Labute approximate surface area is 119 Å². The Balaban J connectivity index is 2.07. The third-order valence-electron chi connectivity index (χ3n) is 3.39. The highest BCUT2D eigenvalue weighted by Crippen LogP contribution is 2.14. The molecular formula is C13H26F3N3O. The Bertz CT molecular complexity index is 252. The quantitative estimate of drug-likeness (QED) is 0.686. The second kappa shape index (κ2) is 9.55. The summed E-state index contributed by atoms with van der Waals surface area (Å²) in [6.45, 7) is 5.69. The van der Waals surface area contributed by atoms with E-state index in [-0.39, 0.29) is 6.61 Å². The minimum Gasteiger partial charge on any atom is -0.372 e. The zero-order valence-corrected chi connectivity index (χ0v) is 12.0. The average molecular weight is 297 g/mol. The van der Waals surface area contributed by atoms with Crippen LogP contribution in [-0.2, 0) is 4.74 Å². The molecule has 0 spiro atoms. The Morgan fingerprint density at radius 1 is 0.950 bits per heavy atom. The fourth-order valence-corrected chi connectivity index (χ4v) is 2.36. The van der Waals surface area contributed by atoms with Gasteiger partial charge in [0.2, 0.25) is 0 Å². The van der Waals surface area contributed by atoms with Crippen molar-refractivity contribution in [2.45, 2.75) is 25.4 Å². The molecule has 0 atom stereocenters. The molecule has 4 nitrogen and oxygen atoms in total. The van der Waals surface area contributed by atoms with E-state index in [2.05, 4.69) is 14.5 Å². The van der Waals surface area contributed by atoms with Gasteiger partial charge in [-0.2, -0.15) is 13.2 Å². The maximum absolute atomic E-state index is 11.9. The van der Waals surface area contributed by atoms with Crippen LogP contribution in [0.1, 0.15) is 19.3 Å². The number of halogens is 3. The van der Waals surface area contributed by atoms with Crippen LogP contribution >= 0.6 is 0 Å². The molecule has 1 rings (SSSR count). The maximum atomic E-state index is 11.9. The summed E-state index contributed by atoms with van der Waals surface area (Å²) in [4.78, 5) is 4.71. The smallest absolute Gasteiger partial charge is 0.372 e.